The fourth-order valence-electron chi connectivity index (χ4n) is 4.57. The number of likely N-dealkylation sites (tertiary alicyclic amines) is 1. The van der Waals surface area contributed by atoms with Crippen LogP contribution in [0, 0.1) is 12.7 Å². The van der Waals surface area contributed by atoms with Crippen LogP contribution in [0.1, 0.15) is 35.8 Å². The number of amides is 1. The summed E-state index contributed by atoms with van der Waals surface area (Å²) in [7, 11) is 0. The standard InChI is InChI=1S/C25H24FN3O2/c1-16-27-14-21(17-8-10-20(26)11-9-17)24(28-16)19-6-4-12-29(15-19)25(30)23-13-18-5-2-3-7-22(18)31-23/h2-3,5,7-11,14,19,23H,4,6,12-13,15H2,1H3/t19-,23+/m1/s1. The van der Waals surface area contributed by atoms with Gasteiger partial charge in [0.1, 0.15) is 17.4 Å². The summed E-state index contributed by atoms with van der Waals surface area (Å²) in [4.78, 5) is 24.3. The normalized spacial score (nSPS) is 20.3. The number of hydrogen-bond acceptors (Lipinski definition) is 4. The highest BCUT2D eigenvalue weighted by atomic mass is 19.1. The lowest BCUT2D eigenvalue weighted by Gasteiger charge is -2.34. The molecule has 5 rings (SSSR count). The second-order valence-corrected chi connectivity index (χ2v) is 8.26. The molecule has 1 amide bonds. The highest BCUT2D eigenvalue weighted by molar-refractivity contribution is 5.83. The third-order valence-corrected chi connectivity index (χ3v) is 6.14. The molecule has 3 heterocycles. The molecule has 158 valence electrons. The lowest BCUT2D eigenvalue weighted by molar-refractivity contribution is -0.139. The first-order valence-corrected chi connectivity index (χ1v) is 10.7. The molecule has 6 heteroatoms. The maximum absolute atomic E-state index is 13.4. The monoisotopic (exact) mass is 417 g/mol. The van der Waals surface area contributed by atoms with Crippen LogP contribution in [0.15, 0.2) is 54.7 Å². The Bertz CT molecular complexity index is 1090. The molecular weight excluding hydrogens is 393 g/mol. The zero-order valence-corrected chi connectivity index (χ0v) is 17.4. The fraction of sp³-hybridized carbons (Fsp3) is 0.320. The molecule has 0 N–H and O–H groups in total. The number of benzene rings is 2. The average Bonchev–Trinajstić information content (AvgIpc) is 3.24. The van der Waals surface area contributed by atoms with E-state index in [2.05, 4.69) is 4.98 Å². The van der Waals surface area contributed by atoms with Crippen molar-refractivity contribution in [3.8, 4) is 16.9 Å². The fourth-order valence-corrected chi connectivity index (χ4v) is 4.57. The number of hydrogen-bond donors (Lipinski definition) is 0. The molecule has 0 saturated carbocycles. The quantitative estimate of drug-likeness (QED) is 0.638. The first-order chi connectivity index (χ1) is 15.1. The van der Waals surface area contributed by atoms with Crippen molar-refractivity contribution in [1.82, 2.24) is 14.9 Å². The van der Waals surface area contributed by atoms with E-state index in [4.69, 9.17) is 9.72 Å². The first kappa shape index (κ1) is 19.7. The van der Waals surface area contributed by atoms with E-state index in [-0.39, 0.29) is 17.6 Å². The van der Waals surface area contributed by atoms with Crippen LogP contribution in [0.25, 0.3) is 11.1 Å². The summed E-state index contributed by atoms with van der Waals surface area (Å²) in [5, 5.41) is 0. The Kier molecular flexibility index (Phi) is 5.14. The van der Waals surface area contributed by atoms with Crippen LogP contribution in [0.5, 0.6) is 5.75 Å². The number of carbonyl (C=O) groups excluding carboxylic acids is 1. The molecule has 1 aromatic heterocycles. The Labute approximate surface area is 180 Å². The lowest BCUT2D eigenvalue weighted by Crippen LogP contribution is -2.46. The zero-order valence-electron chi connectivity index (χ0n) is 17.4. The molecule has 5 nitrogen and oxygen atoms in total. The Morgan fingerprint density at radius 3 is 2.77 bits per heavy atom. The van der Waals surface area contributed by atoms with E-state index in [1.54, 1.807) is 12.1 Å². The third-order valence-electron chi connectivity index (χ3n) is 6.14. The molecule has 1 saturated heterocycles. The van der Waals surface area contributed by atoms with Crippen molar-refractivity contribution in [3.63, 3.8) is 0 Å². The smallest absolute Gasteiger partial charge is 0.264 e. The largest absolute Gasteiger partial charge is 0.480 e. The second kappa shape index (κ2) is 8.10. The van der Waals surface area contributed by atoms with Gasteiger partial charge in [0.15, 0.2) is 6.10 Å². The number of halogens is 1. The van der Waals surface area contributed by atoms with E-state index < -0.39 is 6.10 Å². The SMILES string of the molecule is Cc1ncc(-c2ccc(F)cc2)c([C@@H]2CCCN(C(=O)[C@@H]3Cc4ccccc4O3)C2)n1. The number of piperidine rings is 1. The number of rotatable bonds is 3. The van der Waals surface area contributed by atoms with Gasteiger partial charge in [0.2, 0.25) is 0 Å². The van der Waals surface area contributed by atoms with Gasteiger partial charge in [0, 0.05) is 37.2 Å². The second-order valence-electron chi connectivity index (χ2n) is 8.26. The number of para-hydroxylation sites is 1. The summed E-state index contributed by atoms with van der Waals surface area (Å²) < 4.78 is 19.4. The number of nitrogens with zero attached hydrogens (tertiary/aromatic N) is 3. The van der Waals surface area contributed by atoms with Gasteiger partial charge in [-0.05, 0) is 49.1 Å². The summed E-state index contributed by atoms with van der Waals surface area (Å²) in [6, 6.07) is 14.2. The van der Waals surface area contributed by atoms with Crippen LogP contribution in [-0.4, -0.2) is 40.0 Å². The minimum absolute atomic E-state index is 0.0370. The van der Waals surface area contributed by atoms with Gasteiger partial charge in [0.05, 0.1) is 5.69 Å². The van der Waals surface area contributed by atoms with Crippen LogP contribution in [0.4, 0.5) is 4.39 Å². The van der Waals surface area contributed by atoms with E-state index in [1.807, 2.05) is 42.3 Å². The van der Waals surface area contributed by atoms with Gasteiger partial charge in [-0.2, -0.15) is 0 Å². The average molecular weight is 417 g/mol. The Hall–Kier alpha value is -3.28. The van der Waals surface area contributed by atoms with Crippen LogP contribution in [0.3, 0.4) is 0 Å². The maximum atomic E-state index is 13.4. The molecule has 31 heavy (non-hydrogen) atoms. The molecule has 0 radical (unpaired) electrons. The van der Waals surface area contributed by atoms with E-state index in [0.717, 1.165) is 47.5 Å². The molecule has 1 fully saturated rings. The van der Waals surface area contributed by atoms with Crippen molar-refractivity contribution in [2.24, 2.45) is 0 Å². The number of fused-ring (bicyclic) bond motifs is 1. The van der Waals surface area contributed by atoms with Gasteiger partial charge in [-0.1, -0.05) is 30.3 Å². The Morgan fingerprint density at radius 2 is 1.97 bits per heavy atom. The number of aryl methyl sites for hydroxylation is 1. The van der Waals surface area contributed by atoms with Crippen LogP contribution in [0.2, 0.25) is 0 Å². The number of aromatic nitrogens is 2. The molecule has 3 aromatic rings. The molecule has 0 aliphatic carbocycles. The predicted octanol–water partition coefficient (Wildman–Crippen LogP) is 4.30. The first-order valence-electron chi connectivity index (χ1n) is 10.7. The molecule has 0 unspecified atom stereocenters. The van der Waals surface area contributed by atoms with Crippen LogP contribution in [-0.2, 0) is 11.2 Å². The van der Waals surface area contributed by atoms with E-state index in [9.17, 15) is 9.18 Å². The van der Waals surface area contributed by atoms with Gasteiger partial charge in [-0.15, -0.1) is 0 Å². The van der Waals surface area contributed by atoms with Gasteiger partial charge in [-0.25, -0.2) is 14.4 Å². The van der Waals surface area contributed by atoms with Gasteiger partial charge in [0.25, 0.3) is 5.91 Å². The minimum Gasteiger partial charge on any atom is -0.480 e. The van der Waals surface area contributed by atoms with E-state index >= 15 is 0 Å². The van der Waals surface area contributed by atoms with Gasteiger partial charge < -0.3 is 9.64 Å². The van der Waals surface area contributed by atoms with Crippen LogP contribution < -0.4 is 4.74 Å². The Balaban J connectivity index is 1.38. The maximum Gasteiger partial charge on any atom is 0.264 e. The predicted molar refractivity (Wildman–Crippen MR) is 115 cm³/mol. The van der Waals surface area contributed by atoms with Gasteiger partial charge in [-0.3, -0.25) is 4.79 Å². The van der Waals surface area contributed by atoms with E-state index in [1.165, 1.54) is 12.1 Å². The van der Waals surface area contributed by atoms with Crippen LogP contribution >= 0.6 is 0 Å². The highest BCUT2D eigenvalue weighted by Crippen LogP contribution is 2.35. The topological polar surface area (TPSA) is 55.3 Å². The zero-order chi connectivity index (χ0) is 21.4. The van der Waals surface area contributed by atoms with Gasteiger partial charge >= 0.3 is 0 Å². The van der Waals surface area contributed by atoms with E-state index in [0.29, 0.717) is 18.8 Å². The molecule has 2 aromatic carbocycles. The molecule has 0 spiro atoms. The summed E-state index contributed by atoms with van der Waals surface area (Å²) in [5.41, 5.74) is 3.79. The summed E-state index contributed by atoms with van der Waals surface area (Å²) in [6.45, 7) is 3.19. The summed E-state index contributed by atoms with van der Waals surface area (Å²) in [5.74, 6) is 1.36. The molecular formula is C25H24FN3O2. The highest BCUT2D eigenvalue weighted by Gasteiger charge is 2.35. The van der Waals surface area contributed by atoms with Crippen molar-refractivity contribution in [2.75, 3.05) is 13.1 Å². The van der Waals surface area contributed by atoms with Crippen molar-refractivity contribution >= 4 is 5.91 Å². The lowest BCUT2D eigenvalue weighted by atomic mass is 9.89. The third kappa shape index (κ3) is 3.90. The van der Waals surface area contributed by atoms with Crippen molar-refractivity contribution in [3.05, 3.63) is 77.6 Å². The summed E-state index contributed by atoms with van der Waals surface area (Å²) in [6.07, 6.45) is 3.81. The molecule has 0 bridgehead atoms. The number of carbonyl (C=O) groups is 1. The Morgan fingerprint density at radius 1 is 1.16 bits per heavy atom. The minimum atomic E-state index is -0.458. The number of ether oxygens (including phenoxy) is 1. The molecule has 2 atom stereocenters. The van der Waals surface area contributed by atoms with Crippen molar-refractivity contribution in [1.29, 1.82) is 0 Å². The van der Waals surface area contributed by atoms with Crippen molar-refractivity contribution < 1.29 is 13.9 Å². The van der Waals surface area contributed by atoms with Crippen molar-refractivity contribution in [2.45, 2.75) is 38.2 Å². The summed E-state index contributed by atoms with van der Waals surface area (Å²) >= 11 is 0. The molecule has 2 aliphatic heterocycles. The molecule has 2 aliphatic rings.